The summed E-state index contributed by atoms with van der Waals surface area (Å²) in [4.78, 5) is 14.3. The van der Waals surface area contributed by atoms with E-state index in [1.54, 1.807) is 17.0 Å². The van der Waals surface area contributed by atoms with Crippen LogP contribution in [0.2, 0.25) is 0 Å². The number of nitrogens with two attached hydrogens (primary N) is 1. The highest BCUT2D eigenvalue weighted by Gasteiger charge is 2.29. The number of amides is 1. The number of rotatable bonds is 3. The number of sulfonamides is 1. The minimum absolute atomic E-state index is 0.0308. The van der Waals surface area contributed by atoms with Gasteiger partial charge in [0.05, 0.1) is 4.90 Å². The number of hydrogen-bond donors (Lipinski definition) is 2. The molecule has 2 aliphatic heterocycles. The van der Waals surface area contributed by atoms with E-state index in [4.69, 9.17) is 5.73 Å². The molecule has 0 radical (unpaired) electrons. The summed E-state index contributed by atoms with van der Waals surface area (Å²) >= 11 is 0. The largest absolute Gasteiger partial charge is 0.337 e. The van der Waals surface area contributed by atoms with Crippen LogP contribution in [0.4, 0.5) is 0 Å². The van der Waals surface area contributed by atoms with Crippen LogP contribution < -0.4 is 11.1 Å². The first kappa shape index (κ1) is 17.3. The predicted octanol–water partition coefficient (Wildman–Crippen LogP) is -0.158. The van der Waals surface area contributed by atoms with Crippen LogP contribution in [0.3, 0.4) is 0 Å². The van der Waals surface area contributed by atoms with Gasteiger partial charge in [0.15, 0.2) is 0 Å². The van der Waals surface area contributed by atoms with Gasteiger partial charge in [-0.05, 0) is 37.6 Å². The van der Waals surface area contributed by atoms with Crippen molar-refractivity contribution in [3.63, 3.8) is 0 Å². The Hall–Kier alpha value is -1.48. The molecule has 8 heteroatoms. The average Bonchev–Trinajstić information content (AvgIpc) is 3.01. The standard InChI is InChI=1S/C16H24N4O3S/c1-12-10-20(9-7-18-12)24(22,23)15-4-2-13(3-5-15)16(21)19-8-6-14(17)11-19/h2-5,12,14,18H,6-11,17H2,1H3/t12-,14+/m1/s1. The first-order chi connectivity index (χ1) is 11.4. The number of benzene rings is 1. The molecule has 0 bridgehead atoms. The zero-order valence-electron chi connectivity index (χ0n) is 13.8. The van der Waals surface area contributed by atoms with Crippen LogP contribution in [0.25, 0.3) is 0 Å². The number of likely N-dealkylation sites (tertiary alicyclic amines) is 1. The topological polar surface area (TPSA) is 95.7 Å². The van der Waals surface area contributed by atoms with E-state index in [2.05, 4.69) is 5.32 Å². The second-order valence-corrected chi connectivity index (χ2v) is 8.48. The van der Waals surface area contributed by atoms with Crippen molar-refractivity contribution in [2.75, 3.05) is 32.7 Å². The monoisotopic (exact) mass is 352 g/mol. The molecular formula is C16H24N4O3S. The molecule has 2 fully saturated rings. The molecule has 0 aliphatic carbocycles. The maximum Gasteiger partial charge on any atom is 0.253 e. The minimum Gasteiger partial charge on any atom is -0.337 e. The molecule has 1 aromatic rings. The highest BCUT2D eigenvalue weighted by Crippen LogP contribution is 2.19. The summed E-state index contributed by atoms with van der Waals surface area (Å²) in [5, 5.41) is 3.23. The summed E-state index contributed by atoms with van der Waals surface area (Å²) in [6.45, 7) is 4.72. The molecule has 0 unspecified atom stereocenters. The third-order valence-corrected chi connectivity index (χ3v) is 6.46. The van der Waals surface area contributed by atoms with Crippen LogP contribution in [-0.4, -0.2) is 68.3 Å². The molecule has 0 saturated carbocycles. The lowest BCUT2D eigenvalue weighted by atomic mass is 10.2. The maximum atomic E-state index is 12.7. The third-order valence-electron chi connectivity index (χ3n) is 4.58. The Bertz CT molecular complexity index is 705. The molecule has 24 heavy (non-hydrogen) atoms. The van der Waals surface area contributed by atoms with Crippen LogP contribution in [0.5, 0.6) is 0 Å². The summed E-state index contributed by atoms with van der Waals surface area (Å²) in [6.07, 6.45) is 0.805. The van der Waals surface area contributed by atoms with Crippen LogP contribution in [-0.2, 0) is 10.0 Å². The van der Waals surface area contributed by atoms with Crippen LogP contribution >= 0.6 is 0 Å². The van der Waals surface area contributed by atoms with E-state index >= 15 is 0 Å². The molecule has 7 nitrogen and oxygen atoms in total. The Labute approximate surface area is 142 Å². The molecule has 132 valence electrons. The lowest BCUT2D eigenvalue weighted by Crippen LogP contribution is -2.51. The van der Waals surface area contributed by atoms with Gasteiger partial charge in [-0.1, -0.05) is 0 Å². The van der Waals surface area contributed by atoms with Crippen molar-refractivity contribution in [3.8, 4) is 0 Å². The summed E-state index contributed by atoms with van der Waals surface area (Å²) in [5.41, 5.74) is 6.33. The molecular weight excluding hydrogens is 328 g/mol. The number of hydrogen-bond acceptors (Lipinski definition) is 5. The number of piperazine rings is 1. The van der Waals surface area contributed by atoms with E-state index in [1.165, 1.54) is 16.4 Å². The van der Waals surface area contributed by atoms with Gasteiger partial charge >= 0.3 is 0 Å². The molecule has 2 atom stereocenters. The second-order valence-electron chi connectivity index (χ2n) is 6.54. The number of nitrogens with one attached hydrogen (secondary N) is 1. The lowest BCUT2D eigenvalue weighted by molar-refractivity contribution is 0.0791. The fourth-order valence-electron chi connectivity index (χ4n) is 3.19. The molecule has 1 amide bonds. The van der Waals surface area contributed by atoms with Crippen molar-refractivity contribution < 1.29 is 13.2 Å². The van der Waals surface area contributed by atoms with Gasteiger partial charge in [-0.3, -0.25) is 4.79 Å². The van der Waals surface area contributed by atoms with E-state index in [0.29, 0.717) is 38.3 Å². The van der Waals surface area contributed by atoms with E-state index in [-0.39, 0.29) is 22.9 Å². The van der Waals surface area contributed by atoms with Crippen molar-refractivity contribution in [1.82, 2.24) is 14.5 Å². The van der Waals surface area contributed by atoms with Gasteiger partial charge in [0.25, 0.3) is 5.91 Å². The van der Waals surface area contributed by atoms with Gasteiger partial charge in [-0.15, -0.1) is 0 Å². The van der Waals surface area contributed by atoms with Crippen molar-refractivity contribution in [2.24, 2.45) is 5.73 Å². The molecule has 2 aliphatic rings. The number of carbonyl (C=O) groups is 1. The fourth-order valence-corrected chi connectivity index (χ4v) is 4.72. The zero-order valence-corrected chi connectivity index (χ0v) is 14.6. The normalized spacial score (nSPS) is 25.8. The molecule has 1 aromatic carbocycles. The van der Waals surface area contributed by atoms with E-state index in [0.717, 1.165) is 6.42 Å². The van der Waals surface area contributed by atoms with Crippen molar-refractivity contribution in [2.45, 2.75) is 30.3 Å². The van der Waals surface area contributed by atoms with Gasteiger partial charge in [-0.25, -0.2) is 8.42 Å². The van der Waals surface area contributed by atoms with Gasteiger partial charge in [0, 0.05) is 50.4 Å². The van der Waals surface area contributed by atoms with E-state index in [9.17, 15) is 13.2 Å². The molecule has 3 rings (SSSR count). The van der Waals surface area contributed by atoms with E-state index in [1.807, 2.05) is 6.92 Å². The minimum atomic E-state index is -3.52. The average molecular weight is 352 g/mol. The SMILES string of the molecule is C[C@@H]1CN(S(=O)(=O)c2ccc(C(=O)N3CC[C@H](N)C3)cc2)CCN1. The molecule has 0 aromatic heterocycles. The maximum absolute atomic E-state index is 12.7. The molecule has 2 saturated heterocycles. The highest BCUT2D eigenvalue weighted by atomic mass is 32.2. The summed E-state index contributed by atoms with van der Waals surface area (Å²) < 4.78 is 26.9. The smallest absolute Gasteiger partial charge is 0.253 e. The quantitative estimate of drug-likeness (QED) is 0.788. The second kappa shape index (κ2) is 6.79. The van der Waals surface area contributed by atoms with Crippen LogP contribution in [0, 0.1) is 0 Å². The zero-order chi connectivity index (χ0) is 17.3. The molecule has 3 N–H and O–H groups in total. The van der Waals surface area contributed by atoms with Gasteiger partial charge in [0.1, 0.15) is 0 Å². The number of nitrogens with zero attached hydrogens (tertiary/aromatic N) is 2. The fraction of sp³-hybridized carbons (Fsp3) is 0.562. The predicted molar refractivity (Wildman–Crippen MR) is 91.2 cm³/mol. The first-order valence-corrected chi connectivity index (χ1v) is 9.70. The Kier molecular flexibility index (Phi) is 4.91. The highest BCUT2D eigenvalue weighted by molar-refractivity contribution is 7.89. The Morgan fingerprint density at radius 3 is 2.50 bits per heavy atom. The summed E-state index contributed by atoms with van der Waals surface area (Å²) in [7, 11) is -3.52. The van der Waals surface area contributed by atoms with E-state index < -0.39 is 10.0 Å². The summed E-state index contributed by atoms with van der Waals surface area (Å²) in [5.74, 6) is -0.0947. The van der Waals surface area contributed by atoms with Crippen molar-refractivity contribution in [1.29, 1.82) is 0 Å². The third kappa shape index (κ3) is 3.46. The van der Waals surface area contributed by atoms with Crippen molar-refractivity contribution in [3.05, 3.63) is 29.8 Å². The molecule has 0 spiro atoms. The lowest BCUT2D eigenvalue weighted by Gasteiger charge is -2.31. The van der Waals surface area contributed by atoms with Crippen molar-refractivity contribution >= 4 is 15.9 Å². The summed E-state index contributed by atoms with van der Waals surface area (Å²) in [6, 6.07) is 6.38. The Morgan fingerprint density at radius 1 is 1.21 bits per heavy atom. The van der Waals surface area contributed by atoms with Gasteiger partial charge in [0.2, 0.25) is 10.0 Å². The Balaban J connectivity index is 1.75. The number of carbonyl (C=O) groups excluding carboxylic acids is 1. The van der Waals surface area contributed by atoms with Gasteiger partial charge in [-0.2, -0.15) is 4.31 Å². The Morgan fingerprint density at radius 2 is 1.92 bits per heavy atom. The first-order valence-electron chi connectivity index (χ1n) is 8.26. The van der Waals surface area contributed by atoms with Crippen LogP contribution in [0.15, 0.2) is 29.2 Å². The van der Waals surface area contributed by atoms with Crippen LogP contribution in [0.1, 0.15) is 23.7 Å². The van der Waals surface area contributed by atoms with Gasteiger partial charge < -0.3 is 16.0 Å². The molecule has 2 heterocycles.